The van der Waals surface area contributed by atoms with Crippen molar-refractivity contribution < 1.29 is 31.1 Å². The third-order valence-electron chi connectivity index (χ3n) is 8.86. The zero-order valence-electron chi connectivity index (χ0n) is 30.8. The first-order valence-corrected chi connectivity index (χ1v) is 21.7. The Morgan fingerprint density at radius 1 is 0.906 bits per heavy atom. The van der Waals surface area contributed by atoms with Crippen molar-refractivity contribution in [3.8, 4) is 11.5 Å². The first kappa shape index (κ1) is 40.8. The molecule has 3 aromatic carbocycles. The summed E-state index contributed by atoms with van der Waals surface area (Å²) in [7, 11) is -5.83. The van der Waals surface area contributed by atoms with Crippen molar-refractivity contribution in [1.29, 1.82) is 0 Å². The molecular formula is C37H47Cl2N5O7S2. The number of amides is 2. The molecule has 0 saturated carbocycles. The number of carbonyl (C=O) groups excluding carboxylic acids is 1. The fourth-order valence-corrected chi connectivity index (χ4v) is 9.04. The molecule has 0 aromatic heterocycles. The molecule has 2 heterocycles. The average Bonchev–Trinajstić information content (AvgIpc) is 3.47. The molecule has 2 aliphatic rings. The van der Waals surface area contributed by atoms with Gasteiger partial charge in [0.1, 0.15) is 38.1 Å². The lowest BCUT2D eigenvalue weighted by atomic mass is 9.93. The number of aliphatic imine (C=N–C) groups is 1. The number of sulfone groups is 1. The van der Waals surface area contributed by atoms with Crippen LogP contribution in [-0.4, -0.2) is 107 Å². The standard InChI is InChI=1S/C37H47Cl2N5O7S2/c1-7-51-30-24-31(50-5)32(53(48,49)41-37(2,3)4)23-29(30)35-40-33(25-9-13-27(38)14-10-25)34(26-11-15-28(39)16-12-26)44(35)36(45)43-20-18-42(19-21-43)17-8-22-52(6,46)47/h9-16,23-24,33-34,41H,7-8,17-22H2,1-6H3/t33-,34+/m0/s1. The molecule has 5 rings (SSSR count). The van der Waals surface area contributed by atoms with Gasteiger partial charge in [-0.05, 0) is 82.1 Å². The Balaban J connectivity index is 1.66. The summed E-state index contributed by atoms with van der Waals surface area (Å²) in [5.41, 5.74) is 1.04. The van der Waals surface area contributed by atoms with Gasteiger partial charge in [-0.25, -0.2) is 26.4 Å². The number of urea groups is 1. The van der Waals surface area contributed by atoms with Crippen LogP contribution >= 0.6 is 23.2 Å². The second-order valence-electron chi connectivity index (χ2n) is 14.2. The molecule has 2 atom stereocenters. The predicted octanol–water partition coefficient (Wildman–Crippen LogP) is 6.19. The number of ether oxygens (including phenoxy) is 2. The molecule has 1 saturated heterocycles. The van der Waals surface area contributed by atoms with Gasteiger partial charge >= 0.3 is 6.03 Å². The first-order valence-electron chi connectivity index (χ1n) is 17.4. The molecule has 0 bridgehead atoms. The van der Waals surface area contributed by atoms with Gasteiger partial charge in [0, 0.05) is 54.1 Å². The number of methoxy groups -OCH3 is 1. The Morgan fingerprint density at radius 2 is 1.49 bits per heavy atom. The van der Waals surface area contributed by atoms with Gasteiger partial charge in [-0.2, -0.15) is 0 Å². The largest absolute Gasteiger partial charge is 0.495 e. The summed E-state index contributed by atoms with van der Waals surface area (Å²) < 4.78 is 65.6. The van der Waals surface area contributed by atoms with E-state index in [1.54, 1.807) is 54.8 Å². The fraction of sp³-hybridized carbons (Fsp3) is 0.459. The summed E-state index contributed by atoms with van der Waals surface area (Å²) in [5, 5.41) is 1.06. The number of piperazine rings is 1. The molecule has 12 nitrogen and oxygen atoms in total. The maximum absolute atomic E-state index is 15.0. The highest BCUT2D eigenvalue weighted by atomic mass is 35.5. The topological polar surface area (TPSA) is 138 Å². The number of nitrogens with one attached hydrogen (secondary N) is 1. The summed E-state index contributed by atoms with van der Waals surface area (Å²) in [6.07, 6.45) is 1.73. The Kier molecular flexibility index (Phi) is 12.7. The lowest BCUT2D eigenvalue weighted by Crippen LogP contribution is -2.54. The molecule has 53 heavy (non-hydrogen) atoms. The molecule has 288 valence electrons. The number of rotatable bonds is 12. The van der Waals surface area contributed by atoms with Gasteiger partial charge in [0.25, 0.3) is 0 Å². The minimum Gasteiger partial charge on any atom is -0.495 e. The maximum atomic E-state index is 15.0. The van der Waals surface area contributed by atoms with Crippen molar-refractivity contribution in [2.24, 2.45) is 4.99 Å². The summed E-state index contributed by atoms with van der Waals surface area (Å²) in [6, 6.07) is 15.8. The Hall–Kier alpha value is -3.40. The van der Waals surface area contributed by atoms with Crippen LogP contribution in [0.3, 0.4) is 0 Å². The highest BCUT2D eigenvalue weighted by Gasteiger charge is 2.45. The van der Waals surface area contributed by atoms with Crippen LogP contribution in [0, 0.1) is 0 Å². The minimum absolute atomic E-state index is 0.0703. The van der Waals surface area contributed by atoms with Crippen LogP contribution in [0.15, 0.2) is 70.6 Å². The second kappa shape index (κ2) is 16.5. The molecule has 0 unspecified atom stereocenters. The van der Waals surface area contributed by atoms with Crippen LogP contribution in [-0.2, 0) is 19.9 Å². The van der Waals surface area contributed by atoms with Crippen LogP contribution in [0.2, 0.25) is 10.0 Å². The van der Waals surface area contributed by atoms with Gasteiger partial charge in [-0.15, -0.1) is 0 Å². The molecule has 1 N–H and O–H groups in total. The molecular weight excluding hydrogens is 761 g/mol. The van der Waals surface area contributed by atoms with E-state index in [0.29, 0.717) is 54.8 Å². The van der Waals surface area contributed by atoms with Crippen LogP contribution in [0.1, 0.15) is 62.9 Å². The lowest BCUT2D eigenvalue weighted by molar-refractivity contribution is 0.119. The highest BCUT2D eigenvalue weighted by molar-refractivity contribution is 7.90. The normalized spacial score (nSPS) is 18.6. The average molecular weight is 809 g/mol. The molecule has 3 aromatic rings. The lowest BCUT2D eigenvalue weighted by Gasteiger charge is -2.39. The van der Waals surface area contributed by atoms with Crippen LogP contribution in [0.4, 0.5) is 4.79 Å². The Labute approximate surface area is 323 Å². The Bertz CT molecular complexity index is 2030. The van der Waals surface area contributed by atoms with Crippen LogP contribution in [0.5, 0.6) is 11.5 Å². The van der Waals surface area contributed by atoms with E-state index < -0.39 is 37.5 Å². The van der Waals surface area contributed by atoms with Crippen molar-refractivity contribution in [3.05, 3.63) is 87.4 Å². The second-order valence-corrected chi connectivity index (χ2v) is 19.0. The van der Waals surface area contributed by atoms with Crippen LogP contribution < -0.4 is 14.2 Å². The van der Waals surface area contributed by atoms with Crippen LogP contribution in [0.25, 0.3) is 0 Å². The SMILES string of the molecule is CCOc1cc(OC)c(S(=O)(=O)NC(C)(C)C)cc1C1=N[C@@H](c2ccc(Cl)cc2)[C@@H](c2ccc(Cl)cc2)N1C(=O)N1CCN(CCCS(C)(=O)=O)CC1. The van der Waals surface area contributed by atoms with Gasteiger partial charge in [0.2, 0.25) is 10.0 Å². The number of benzene rings is 3. The van der Waals surface area contributed by atoms with E-state index in [1.807, 2.05) is 31.2 Å². The van der Waals surface area contributed by atoms with E-state index in [2.05, 4.69) is 9.62 Å². The monoisotopic (exact) mass is 807 g/mol. The molecule has 16 heteroatoms. The van der Waals surface area contributed by atoms with Gasteiger partial charge in [-0.1, -0.05) is 47.5 Å². The molecule has 0 spiro atoms. The minimum atomic E-state index is -4.14. The first-order chi connectivity index (χ1) is 24.9. The number of hydrogen-bond acceptors (Lipinski definition) is 9. The van der Waals surface area contributed by atoms with Gasteiger partial charge < -0.3 is 14.4 Å². The molecule has 0 aliphatic carbocycles. The van der Waals surface area contributed by atoms with E-state index in [1.165, 1.54) is 25.5 Å². The zero-order valence-corrected chi connectivity index (χ0v) is 33.9. The maximum Gasteiger partial charge on any atom is 0.326 e. The van der Waals surface area contributed by atoms with E-state index in [4.69, 9.17) is 37.7 Å². The summed E-state index contributed by atoms with van der Waals surface area (Å²) >= 11 is 12.6. The van der Waals surface area contributed by atoms with E-state index >= 15 is 4.79 Å². The van der Waals surface area contributed by atoms with Crippen molar-refractivity contribution in [2.45, 2.75) is 56.6 Å². The van der Waals surface area contributed by atoms with Crippen molar-refractivity contribution in [2.75, 3.05) is 58.4 Å². The van der Waals surface area contributed by atoms with E-state index in [0.717, 1.165) is 11.1 Å². The molecule has 1 fully saturated rings. The highest BCUT2D eigenvalue weighted by Crippen LogP contribution is 2.46. The molecule has 2 amide bonds. The predicted molar refractivity (Wildman–Crippen MR) is 209 cm³/mol. The third-order valence-corrected chi connectivity index (χ3v) is 12.2. The number of amidine groups is 1. The summed E-state index contributed by atoms with van der Waals surface area (Å²) in [4.78, 5) is 25.6. The quantitative estimate of drug-likeness (QED) is 0.229. The number of nitrogens with zero attached hydrogens (tertiary/aromatic N) is 4. The van der Waals surface area contributed by atoms with Gasteiger partial charge in [0.15, 0.2) is 0 Å². The molecule has 2 aliphatic heterocycles. The fourth-order valence-electron chi connectivity index (χ4n) is 6.54. The molecule has 0 radical (unpaired) electrons. The van der Waals surface area contributed by atoms with Gasteiger partial charge in [0.05, 0.1) is 31.1 Å². The Morgan fingerprint density at radius 3 is 2.02 bits per heavy atom. The van der Waals surface area contributed by atoms with Crippen molar-refractivity contribution in [1.82, 2.24) is 19.4 Å². The number of halogens is 2. The smallest absolute Gasteiger partial charge is 0.326 e. The van der Waals surface area contributed by atoms with E-state index in [-0.39, 0.29) is 40.6 Å². The van der Waals surface area contributed by atoms with Crippen molar-refractivity contribution in [3.63, 3.8) is 0 Å². The van der Waals surface area contributed by atoms with E-state index in [9.17, 15) is 16.8 Å². The number of sulfonamides is 1. The third kappa shape index (κ3) is 10.0. The number of hydrogen-bond donors (Lipinski definition) is 1. The summed E-state index contributed by atoms with van der Waals surface area (Å²) in [5.74, 6) is 0.685. The number of carbonyl (C=O) groups is 1. The van der Waals surface area contributed by atoms with Crippen molar-refractivity contribution >= 4 is 54.9 Å². The zero-order chi connectivity index (χ0) is 38.7. The van der Waals surface area contributed by atoms with Gasteiger partial charge in [-0.3, -0.25) is 14.8 Å². The summed E-state index contributed by atoms with van der Waals surface area (Å²) in [6.45, 7) is 9.75.